The third-order valence-electron chi connectivity index (χ3n) is 14.3. The fourth-order valence-electron chi connectivity index (χ4n) is 10.3. The highest BCUT2D eigenvalue weighted by Crippen LogP contribution is 2.55. The number of nitriles is 1. The first-order valence-corrected chi connectivity index (χ1v) is 28.4. The number of fused-ring (bicyclic) bond motifs is 2. The maximum atomic E-state index is 15.4. The van der Waals surface area contributed by atoms with Crippen molar-refractivity contribution in [2.75, 3.05) is 44.7 Å². The largest absolute Gasteiger partial charge is 0.497 e. The van der Waals surface area contributed by atoms with Crippen LogP contribution < -0.4 is 20.1 Å². The fourth-order valence-corrected chi connectivity index (χ4v) is 11.6. The van der Waals surface area contributed by atoms with Gasteiger partial charge in [0.2, 0.25) is 0 Å². The van der Waals surface area contributed by atoms with E-state index in [-0.39, 0.29) is 55.1 Å². The van der Waals surface area contributed by atoms with E-state index in [9.17, 15) is 19.6 Å². The first-order chi connectivity index (χ1) is 41.4. The van der Waals surface area contributed by atoms with Crippen molar-refractivity contribution in [3.8, 4) is 17.6 Å². The van der Waals surface area contributed by atoms with Crippen molar-refractivity contribution in [1.29, 1.82) is 5.26 Å². The molecule has 0 bridgehead atoms. The molecular formula is C60H56N11O13P. The van der Waals surface area contributed by atoms with E-state index >= 15 is 4.57 Å². The molecular weight excluding hydrogens is 1110 g/mol. The number of hydrogen-bond donors (Lipinski definition) is 2. The molecule has 2 aliphatic rings. The van der Waals surface area contributed by atoms with Crippen LogP contribution in [0.3, 0.4) is 0 Å². The Balaban J connectivity index is 0.916. The van der Waals surface area contributed by atoms with Gasteiger partial charge in [-0.15, -0.1) is 0 Å². The number of nitrogens with one attached hydrogen (secondary N) is 2. The van der Waals surface area contributed by atoms with E-state index in [0.717, 1.165) is 16.7 Å². The number of phosphoric acid groups is 1. The van der Waals surface area contributed by atoms with Crippen LogP contribution in [0.5, 0.6) is 11.5 Å². The number of ether oxygens (including phenoxy) is 6. The minimum absolute atomic E-state index is 0.0327. The minimum Gasteiger partial charge on any atom is -0.497 e. The Morgan fingerprint density at radius 1 is 0.624 bits per heavy atom. The van der Waals surface area contributed by atoms with Crippen LogP contribution in [-0.2, 0) is 47.5 Å². The summed E-state index contributed by atoms with van der Waals surface area (Å²) in [5.41, 5.74) is 2.76. The second-order valence-corrected chi connectivity index (χ2v) is 21.2. The summed E-state index contributed by atoms with van der Waals surface area (Å²) in [6.07, 6.45) is -0.736. The number of benzene rings is 5. The molecule has 25 heteroatoms. The highest BCUT2D eigenvalue weighted by molar-refractivity contribution is 7.48. The SMILES string of the molecule is COc1ccc(C(OC[C@H]2O[C@@H](n3cnc4c(NC(=O)c5ccccc5)ncnc43)C[C@@H]2OP(=O)(OCCC#N)OC[C@H]2O[C@@H](n3cnc4c(NC(=O)c5ccccc5)ncnc43)C[C@@H]2OC(C)=O)(c2ccccc2)c2ccc(OC)cc2)cc1. The lowest BCUT2D eigenvalue weighted by molar-refractivity contribution is -0.150. The summed E-state index contributed by atoms with van der Waals surface area (Å²) < 4.78 is 75.1. The summed E-state index contributed by atoms with van der Waals surface area (Å²) >= 11 is 0. The zero-order chi connectivity index (χ0) is 58.9. The molecule has 434 valence electrons. The van der Waals surface area contributed by atoms with Crippen LogP contribution >= 0.6 is 7.82 Å². The molecule has 9 aromatic rings. The summed E-state index contributed by atoms with van der Waals surface area (Å²) in [5, 5.41) is 15.3. The number of hydrogen-bond acceptors (Lipinski definition) is 20. The number of nitrogens with zero attached hydrogens (tertiary/aromatic N) is 9. The number of esters is 1. The van der Waals surface area contributed by atoms with Crippen molar-refractivity contribution in [3.63, 3.8) is 0 Å². The quantitative estimate of drug-likeness (QED) is 0.0261. The zero-order valence-electron chi connectivity index (χ0n) is 46.1. The van der Waals surface area contributed by atoms with Crippen molar-refractivity contribution in [3.05, 3.63) is 193 Å². The molecule has 2 saturated heterocycles. The van der Waals surface area contributed by atoms with Crippen LogP contribution in [0.25, 0.3) is 22.3 Å². The second kappa shape index (κ2) is 25.7. The van der Waals surface area contributed by atoms with Crippen molar-refractivity contribution in [1.82, 2.24) is 39.0 Å². The average molecular weight is 1170 g/mol. The molecule has 5 aromatic carbocycles. The van der Waals surface area contributed by atoms with Gasteiger partial charge in [-0.1, -0.05) is 91.0 Å². The fraction of sp³-hybridized carbons (Fsp3) is 0.267. The third kappa shape index (κ3) is 12.5. The number of anilines is 2. The lowest BCUT2D eigenvalue weighted by Gasteiger charge is -2.37. The van der Waals surface area contributed by atoms with Crippen LogP contribution in [-0.4, -0.2) is 115 Å². The molecule has 2 aliphatic heterocycles. The van der Waals surface area contributed by atoms with E-state index in [1.54, 1.807) is 84.0 Å². The van der Waals surface area contributed by atoms with Crippen molar-refractivity contribution >= 4 is 59.6 Å². The molecule has 2 amide bonds. The van der Waals surface area contributed by atoms with E-state index in [4.69, 9.17) is 42.0 Å². The lowest BCUT2D eigenvalue weighted by atomic mass is 9.80. The molecule has 11 rings (SSSR count). The van der Waals surface area contributed by atoms with Gasteiger partial charge in [0.15, 0.2) is 34.0 Å². The maximum absolute atomic E-state index is 15.4. The Kier molecular flexibility index (Phi) is 17.4. The van der Waals surface area contributed by atoms with E-state index in [2.05, 4.69) is 40.5 Å². The number of carbonyl (C=O) groups is 3. The van der Waals surface area contributed by atoms with Gasteiger partial charge < -0.3 is 39.1 Å². The summed E-state index contributed by atoms with van der Waals surface area (Å²) in [7, 11) is -1.62. The Morgan fingerprint density at radius 3 is 1.58 bits per heavy atom. The predicted octanol–water partition coefficient (Wildman–Crippen LogP) is 9.14. The molecule has 6 heterocycles. The first-order valence-electron chi connectivity index (χ1n) is 26.9. The van der Waals surface area contributed by atoms with Crippen molar-refractivity contribution < 1.29 is 60.9 Å². The normalized spacial score (nSPS) is 19.2. The number of phosphoric ester groups is 1. The molecule has 0 aliphatic carbocycles. The third-order valence-corrected chi connectivity index (χ3v) is 15.8. The maximum Gasteiger partial charge on any atom is 0.475 e. The van der Waals surface area contributed by atoms with Gasteiger partial charge in [0.05, 0.1) is 59.2 Å². The highest BCUT2D eigenvalue weighted by Gasteiger charge is 2.48. The molecule has 1 unspecified atom stereocenters. The highest BCUT2D eigenvalue weighted by atomic mass is 31.2. The van der Waals surface area contributed by atoms with Crippen LogP contribution in [0.15, 0.2) is 165 Å². The van der Waals surface area contributed by atoms with Crippen LogP contribution in [0, 0.1) is 11.3 Å². The molecule has 4 aromatic heterocycles. The summed E-state index contributed by atoms with van der Waals surface area (Å²) in [4.78, 5) is 65.9. The summed E-state index contributed by atoms with van der Waals surface area (Å²) in [6.45, 7) is 0.138. The zero-order valence-corrected chi connectivity index (χ0v) is 47.0. The number of imidazole rings is 2. The Labute approximate surface area is 486 Å². The molecule has 2 N–H and O–H groups in total. The minimum atomic E-state index is -4.79. The van der Waals surface area contributed by atoms with E-state index < -0.39 is 74.7 Å². The van der Waals surface area contributed by atoms with Crippen LogP contribution in [0.4, 0.5) is 11.6 Å². The molecule has 24 nitrogen and oxygen atoms in total. The van der Waals surface area contributed by atoms with Gasteiger partial charge in [-0.05, 0) is 65.2 Å². The monoisotopic (exact) mass is 1170 g/mol. The molecule has 0 saturated carbocycles. The molecule has 0 spiro atoms. The molecule has 85 heavy (non-hydrogen) atoms. The smallest absolute Gasteiger partial charge is 0.475 e. The number of aromatic nitrogens is 8. The van der Waals surface area contributed by atoms with Crippen molar-refractivity contribution in [2.45, 2.75) is 68.7 Å². The summed E-state index contributed by atoms with van der Waals surface area (Å²) in [6, 6.07) is 43.8. The number of amides is 2. The lowest BCUT2D eigenvalue weighted by Crippen LogP contribution is -2.38. The number of carbonyl (C=O) groups excluding carboxylic acids is 3. The number of methoxy groups -OCH3 is 2. The topological polar surface area (TPSA) is 286 Å². The van der Waals surface area contributed by atoms with Gasteiger partial charge in [0.25, 0.3) is 11.8 Å². The van der Waals surface area contributed by atoms with E-state index in [1.807, 2.05) is 84.9 Å². The predicted molar refractivity (Wildman–Crippen MR) is 305 cm³/mol. The van der Waals surface area contributed by atoms with Crippen LogP contribution in [0.2, 0.25) is 0 Å². The van der Waals surface area contributed by atoms with E-state index in [0.29, 0.717) is 33.9 Å². The molecule has 7 atom stereocenters. The Bertz CT molecular complexity index is 3840. The van der Waals surface area contributed by atoms with Gasteiger partial charge >= 0.3 is 13.8 Å². The Morgan fingerprint density at radius 2 is 1.09 bits per heavy atom. The van der Waals surface area contributed by atoms with Crippen molar-refractivity contribution in [2.24, 2.45) is 0 Å². The van der Waals surface area contributed by atoms with Crippen LogP contribution in [0.1, 0.15) is 76.0 Å². The Hall–Kier alpha value is -9.31. The number of rotatable bonds is 23. The van der Waals surface area contributed by atoms with Gasteiger partial charge in [0, 0.05) is 30.9 Å². The second-order valence-electron chi connectivity index (χ2n) is 19.6. The van der Waals surface area contributed by atoms with Gasteiger partial charge in [0.1, 0.15) is 66.6 Å². The molecule has 2 fully saturated rings. The van der Waals surface area contributed by atoms with Gasteiger partial charge in [-0.3, -0.25) is 37.1 Å². The average Bonchev–Trinajstić information content (AvgIpc) is 2.60. The van der Waals surface area contributed by atoms with Gasteiger partial charge in [-0.2, -0.15) is 5.26 Å². The van der Waals surface area contributed by atoms with E-state index in [1.165, 1.54) is 32.2 Å². The molecule has 0 radical (unpaired) electrons. The standard InChI is InChI=1S/C60H56N11O13P/c1-38(72)81-46-30-50(70-36-66-52-54(62-34-64-56(52)70)68-58(73)39-14-7-4-8-15-39)83-49(46)33-80-85(75,79-29-13-28-61)84-47-31-51(71-37-67-53-55(63-35-65-57(53)71)69-59(74)40-16-9-5-10-17-40)82-48(47)32-78-60(41-18-11-6-12-19-41,42-20-24-44(76-2)25-21-42)43-22-26-45(77-3)27-23-43/h4-12,14-27,34-37,46-51H,13,29-33H2,1-3H3,(H,62,64,68,73)(H,63,65,69,74)/t46-,47-,48+,49+,50+,51+,85?/m0/s1. The summed E-state index contributed by atoms with van der Waals surface area (Å²) in [5.74, 6) is 0.0870. The van der Waals surface area contributed by atoms with Gasteiger partial charge in [-0.25, -0.2) is 34.5 Å². The first kappa shape index (κ1) is 57.5.